The number of esters is 1. The molecule has 0 radical (unpaired) electrons. The fourth-order valence-corrected chi connectivity index (χ4v) is 4.19. The van der Waals surface area contributed by atoms with Crippen LogP contribution in [-0.2, 0) is 26.2 Å². The van der Waals surface area contributed by atoms with Crippen molar-refractivity contribution in [3.05, 3.63) is 65.7 Å². The molecular weight excluding hydrogens is 378 g/mol. The number of carbonyl (C=O) groups is 1. The van der Waals surface area contributed by atoms with Crippen LogP contribution in [0.4, 0.5) is 0 Å². The fraction of sp³-hybridized carbons (Fsp3) is 0.381. The van der Waals surface area contributed by atoms with Crippen molar-refractivity contribution >= 4 is 16.0 Å². The molecule has 2 aromatic carbocycles. The van der Waals surface area contributed by atoms with Crippen molar-refractivity contribution in [2.24, 2.45) is 5.92 Å². The average molecular weight is 406 g/mol. The number of rotatable bonds is 8. The molecule has 6 nitrogen and oxygen atoms in total. The highest BCUT2D eigenvalue weighted by Crippen LogP contribution is 2.23. The van der Waals surface area contributed by atoms with Gasteiger partial charge in [0, 0.05) is 0 Å². The topological polar surface area (TPSA) is 92.7 Å². The van der Waals surface area contributed by atoms with E-state index < -0.39 is 27.6 Å². The molecule has 0 saturated carbocycles. The van der Waals surface area contributed by atoms with Gasteiger partial charge in [-0.15, -0.1) is 0 Å². The lowest BCUT2D eigenvalue weighted by molar-refractivity contribution is -0.157. The summed E-state index contributed by atoms with van der Waals surface area (Å²) < 4.78 is 33.4. The molecule has 0 spiro atoms. The Morgan fingerprint density at radius 2 is 1.68 bits per heavy atom. The van der Waals surface area contributed by atoms with Gasteiger partial charge >= 0.3 is 5.97 Å². The van der Waals surface area contributed by atoms with Gasteiger partial charge in [-0.1, -0.05) is 61.9 Å². The van der Waals surface area contributed by atoms with Gasteiger partial charge in [0.2, 0.25) is 10.0 Å². The smallest absolute Gasteiger partial charge is 0.330 e. The lowest BCUT2D eigenvalue weighted by Gasteiger charge is -2.34. The molecule has 28 heavy (non-hydrogen) atoms. The van der Waals surface area contributed by atoms with Crippen LogP contribution in [-0.4, -0.2) is 31.1 Å². The van der Waals surface area contributed by atoms with Crippen molar-refractivity contribution in [3.8, 4) is 0 Å². The largest absolute Gasteiger partial charge is 0.459 e. The molecule has 0 aliphatic carbocycles. The lowest BCUT2D eigenvalue weighted by Crippen LogP contribution is -2.61. The number of hydrogen-bond acceptors (Lipinski definition) is 5. The van der Waals surface area contributed by atoms with Crippen LogP contribution in [0.15, 0.2) is 59.5 Å². The molecule has 0 aromatic heterocycles. The monoisotopic (exact) mass is 405 g/mol. The summed E-state index contributed by atoms with van der Waals surface area (Å²) >= 11 is 0. The number of hydrogen-bond donors (Lipinski definition) is 2. The van der Waals surface area contributed by atoms with Crippen LogP contribution in [0.5, 0.6) is 0 Å². The van der Waals surface area contributed by atoms with Crippen LogP contribution in [0.2, 0.25) is 0 Å². The van der Waals surface area contributed by atoms with E-state index in [1.165, 1.54) is 19.1 Å². The molecule has 0 saturated heterocycles. The van der Waals surface area contributed by atoms with Gasteiger partial charge in [-0.3, -0.25) is 0 Å². The van der Waals surface area contributed by atoms with Crippen molar-refractivity contribution in [2.75, 3.05) is 0 Å². The first-order valence-electron chi connectivity index (χ1n) is 9.06. The molecule has 0 amide bonds. The third-order valence-electron chi connectivity index (χ3n) is 4.54. The molecule has 0 aliphatic rings. The first-order chi connectivity index (χ1) is 13.1. The molecule has 0 unspecified atom stereocenters. The van der Waals surface area contributed by atoms with Crippen LogP contribution in [0.25, 0.3) is 0 Å². The van der Waals surface area contributed by atoms with Crippen LogP contribution in [0.3, 0.4) is 0 Å². The Labute approximate surface area is 166 Å². The third kappa shape index (κ3) is 5.19. The van der Waals surface area contributed by atoms with Crippen LogP contribution < -0.4 is 4.72 Å². The van der Waals surface area contributed by atoms with Crippen LogP contribution in [0.1, 0.15) is 31.9 Å². The van der Waals surface area contributed by atoms with E-state index in [4.69, 9.17) is 4.74 Å². The first kappa shape index (κ1) is 22.1. The molecule has 2 rings (SSSR count). The van der Waals surface area contributed by atoms with Gasteiger partial charge in [0.1, 0.15) is 6.61 Å². The summed E-state index contributed by atoms with van der Waals surface area (Å²) in [6.07, 6.45) is -1.28. The van der Waals surface area contributed by atoms with Gasteiger partial charge in [0.25, 0.3) is 0 Å². The minimum absolute atomic E-state index is 0.0103. The lowest BCUT2D eigenvalue weighted by atomic mass is 9.88. The zero-order chi connectivity index (χ0) is 20.9. The first-order valence-corrected chi connectivity index (χ1v) is 10.5. The van der Waals surface area contributed by atoms with Crippen LogP contribution >= 0.6 is 0 Å². The maximum Gasteiger partial charge on any atom is 0.330 e. The zero-order valence-corrected chi connectivity index (χ0v) is 17.4. The van der Waals surface area contributed by atoms with E-state index in [2.05, 4.69) is 4.72 Å². The Balaban J connectivity index is 2.29. The minimum Gasteiger partial charge on any atom is -0.459 e. The van der Waals surface area contributed by atoms with Gasteiger partial charge in [0.15, 0.2) is 5.54 Å². The van der Waals surface area contributed by atoms with Gasteiger partial charge in [0.05, 0.1) is 11.0 Å². The molecule has 0 bridgehead atoms. The quantitative estimate of drug-likeness (QED) is 0.659. The Hall–Kier alpha value is -2.22. The van der Waals surface area contributed by atoms with Crippen molar-refractivity contribution < 1.29 is 23.1 Å². The van der Waals surface area contributed by atoms with Crippen molar-refractivity contribution in [1.29, 1.82) is 0 Å². The second-order valence-electron chi connectivity index (χ2n) is 7.37. The molecular formula is C21H27NO5S. The van der Waals surface area contributed by atoms with Crippen molar-refractivity contribution in [1.82, 2.24) is 4.72 Å². The van der Waals surface area contributed by atoms with E-state index >= 15 is 0 Å². The van der Waals surface area contributed by atoms with E-state index in [9.17, 15) is 18.3 Å². The van der Waals surface area contributed by atoms with Crippen molar-refractivity contribution in [2.45, 2.75) is 50.8 Å². The van der Waals surface area contributed by atoms with E-state index in [1.54, 1.807) is 38.1 Å². The van der Waals surface area contributed by atoms with E-state index in [1.807, 2.05) is 25.1 Å². The maximum absolute atomic E-state index is 12.8. The summed E-state index contributed by atoms with van der Waals surface area (Å²) in [6, 6.07) is 15.3. The highest BCUT2D eigenvalue weighted by atomic mass is 32.2. The van der Waals surface area contributed by atoms with Gasteiger partial charge < -0.3 is 9.84 Å². The number of aliphatic hydroxyl groups excluding tert-OH is 1. The van der Waals surface area contributed by atoms with Gasteiger partial charge in [-0.2, -0.15) is 4.72 Å². The van der Waals surface area contributed by atoms with E-state index in [0.717, 1.165) is 11.1 Å². The second-order valence-corrected chi connectivity index (χ2v) is 9.05. The number of nitrogens with one attached hydrogen (secondary N) is 1. The summed E-state index contributed by atoms with van der Waals surface area (Å²) in [5, 5.41) is 10.6. The molecule has 2 N–H and O–H groups in total. The fourth-order valence-electron chi connectivity index (χ4n) is 2.82. The Kier molecular flexibility index (Phi) is 6.98. The predicted octanol–water partition coefficient (Wildman–Crippen LogP) is 2.79. The standard InChI is InChI=1S/C21H27NO5S/c1-15(2)19(23)21(4,20(24)27-14-17-8-6-5-7-9-17)22-28(25,26)18-12-10-16(3)11-13-18/h5-13,15,19,22-23H,14H2,1-4H3/t19-,21-/m1/s1. The normalized spacial score (nSPS) is 15.1. The predicted molar refractivity (Wildman–Crippen MR) is 107 cm³/mol. The summed E-state index contributed by atoms with van der Waals surface area (Å²) in [5.74, 6) is -1.22. The van der Waals surface area contributed by atoms with Crippen LogP contribution in [0, 0.1) is 12.8 Å². The minimum atomic E-state index is -4.05. The molecule has 2 aromatic rings. The average Bonchev–Trinajstić information content (AvgIpc) is 2.66. The highest BCUT2D eigenvalue weighted by molar-refractivity contribution is 7.89. The molecule has 0 fully saturated rings. The summed E-state index contributed by atoms with van der Waals surface area (Å²) in [6.45, 7) is 6.57. The van der Waals surface area contributed by atoms with E-state index in [-0.39, 0.29) is 17.4 Å². The molecule has 7 heteroatoms. The molecule has 0 heterocycles. The SMILES string of the molecule is Cc1ccc(S(=O)(=O)N[C@@](C)(C(=O)OCc2ccccc2)[C@H](O)C(C)C)cc1. The van der Waals surface area contributed by atoms with E-state index in [0.29, 0.717) is 0 Å². The molecule has 152 valence electrons. The van der Waals surface area contributed by atoms with Gasteiger partial charge in [-0.25, -0.2) is 13.2 Å². The number of benzene rings is 2. The molecule has 2 atom stereocenters. The number of aliphatic hydroxyl groups is 1. The zero-order valence-electron chi connectivity index (χ0n) is 16.5. The number of carbonyl (C=O) groups excluding carboxylic acids is 1. The maximum atomic E-state index is 12.8. The Morgan fingerprint density at radius 3 is 2.21 bits per heavy atom. The second kappa shape index (κ2) is 8.86. The van der Waals surface area contributed by atoms with Gasteiger partial charge in [-0.05, 0) is 37.5 Å². The number of sulfonamides is 1. The number of ether oxygens (including phenoxy) is 1. The summed E-state index contributed by atoms with van der Waals surface area (Å²) in [4.78, 5) is 12.8. The Morgan fingerprint density at radius 1 is 1.11 bits per heavy atom. The summed E-state index contributed by atoms with van der Waals surface area (Å²) in [5.41, 5.74) is -0.169. The number of aryl methyl sites for hydroxylation is 1. The Bertz CT molecular complexity index is 894. The summed E-state index contributed by atoms with van der Waals surface area (Å²) in [7, 11) is -4.05. The third-order valence-corrected chi connectivity index (χ3v) is 6.12. The molecule has 0 aliphatic heterocycles. The highest BCUT2D eigenvalue weighted by Gasteiger charge is 2.47. The van der Waals surface area contributed by atoms with Crippen molar-refractivity contribution in [3.63, 3.8) is 0 Å².